The fourth-order valence-electron chi connectivity index (χ4n) is 0.526. The molecule has 0 heterocycles. The highest BCUT2D eigenvalue weighted by Gasteiger charge is 2.02. The highest BCUT2D eigenvalue weighted by Crippen LogP contribution is 2.12. The molecule has 0 aliphatic carbocycles. The summed E-state index contributed by atoms with van der Waals surface area (Å²) < 4.78 is 0. The van der Waals surface area contributed by atoms with Crippen LogP contribution in [0.25, 0.3) is 0 Å². The average molecular weight is 146 g/mol. The number of thioether (sulfide) groups is 1. The van der Waals surface area contributed by atoms with Gasteiger partial charge in [0, 0.05) is 11.7 Å². The van der Waals surface area contributed by atoms with Gasteiger partial charge in [-0.1, -0.05) is 32.5 Å². The van der Waals surface area contributed by atoms with Gasteiger partial charge in [-0.05, 0) is 6.42 Å². The maximum atomic E-state index is 10.8. The number of hydrogen-bond acceptors (Lipinski definition) is 2. The predicted octanol–water partition coefficient (Wildman–Crippen LogP) is 2.45. The third-order valence-electron chi connectivity index (χ3n) is 0.821. The summed E-state index contributed by atoms with van der Waals surface area (Å²) in [4.78, 5) is 10.8. The Bertz CT molecular complexity index is 88.9. The summed E-state index contributed by atoms with van der Waals surface area (Å²) in [5.74, 6) is 0. The van der Waals surface area contributed by atoms with Gasteiger partial charge in [-0.2, -0.15) is 0 Å². The molecule has 0 unspecified atom stereocenters. The van der Waals surface area contributed by atoms with E-state index in [1.165, 1.54) is 11.8 Å². The zero-order valence-corrected chi connectivity index (χ0v) is 7.12. The maximum absolute atomic E-state index is 10.8. The Morgan fingerprint density at radius 3 is 2.44 bits per heavy atom. The van der Waals surface area contributed by atoms with Crippen LogP contribution < -0.4 is 0 Å². The summed E-state index contributed by atoms with van der Waals surface area (Å²) in [6.45, 7) is 6.11. The molecule has 0 amide bonds. The zero-order valence-electron chi connectivity index (χ0n) is 6.31. The van der Waals surface area contributed by atoms with Crippen LogP contribution in [0.3, 0.4) is 0 Å². The van der Waals surface area contributed by atoms with Gasteiger partial charge in [-0.15, -0.1) is 0 Å². The van der Waals surface area contributed by atoms with Crippen molar-refractivity contribution in [3.05, 3.63) is 0 Å². The van der Waals surface area contributed by atoms with Gasteiger partial charge in [0.25, 0.3) is 0 Å². The van der Waals surface area contributed by atoms with Crippen molar-refractivity contribution in [2.24, 2.45) is 0 Å². The fraction of sp³-hybridized carbons (Fsp3) is 0.857. The molecule has 0 spiro atoms. The van der Waals surface area contributed by atoms with E-state index in [1.54, 1.807) is 0 Å². The van der Waals surface area contributed by atoms with Gasteiger partial charge >= 0.3 is 0 Å². The SMILES string of the molecule is CCCC(=O)SC(C)C. The number of carbonyl (C=O) groups is 1. The lowest BCUT2D eigenvalue weighted by atomic mass is 10.4. The highest BCUT2D eigenvalue weighted by molar-refractivity contribution is 8.14. The second-order valence-corrected chi connectivity index (χ2v) is 3.92. The summed E-state index contributed by atoms with van der Waals surface area (Å²) in [6, 6.07) is 0. The molecule has 0 fully saturated rings. The van der Waals surface area contributed by atoms with Gasteiger partial charge < -0.3 is 0 Å². The molecule has 0 atom stereocenters. The number of hydrogen-bond donors (Lipinski definition) is 0. The van der Waals surface area contributed by atoms with Gasteiger partial charge in [0.05, 0.1) is 0 Å². The van der Waals surface area contributed by atoms with Crippen molar-refractivity contribution in [3.63, 3.8) is 0 Å². The second-order valence-electron chi connectivity index (χ2n) is 2.29. The van der Waals surface area contributed by atoms with Gasteiger partial charge in [0.2, 0.25) is 0 Å². The topological polar surface area (TPSA) is 17.1 Å². The van der Waals surface area contributed by atoms with Crippen LogP contribution in [0.2, 0.25) is 0 Å². The maximum Gasteiger partial charge on any atom is 0.189 e. The number of rotatable bonds is 3. The first-order chi connectivity index (χ1) is 4.16. The molecule has 0 aromatic rings. The minimum absolute atomic E-state index is 0.326. The average Bonchev–Trinajstić information content (AvgIpc) is 1.63. The molecule has 0 rings (SSSR count). The van der Waals surface area contributed by atoms with E-state index in [1.807, 2.05) is 20.8 Å². The van der Waals surface area contributed by atoms with Crippen molar-refractivity contribution in [2.45, 2.75) is 38.9 Å². The predicted molar refractivity (Wildman–Crippen MR) is 42.6 cm³/mol. The highest BCUT2D eigenvalue weighted by atomic mass is 32.2. The van der Waals surface area contributed by atoms with Crippen LogP contribution in [0.4, 0.5) is 0 Å². The van der Waals surface area contributed by atoms with E-state index in [4.69, 9.17) is 0 Å². The van der Waals surface area contributed by atoms with Crippen LogP contribution in [0, 0.1) is 0 Å². The Morgan fingerprint density at radius 2 is 2.11 bits per heavy atom. The van der Waals surface area contributed by atoms with Crippen molar-refractivity contribution >= 4 is 16.9 Å². The minimum Gasteiger partial charge on any atom is -0.287 e. The Balaban J connectivity index is 3.27. The van der Waals surface area contributed by atoms with E-state index in [0.29, 0.717) is 10.4 Å². The van der Waals surface area contributed by atoms with Crippen molar-refractivity contribution in [1.29, 1.82) is 0 Å². The van der Waals surface area contributed by atoms with E-state index in [9.17, 15) is 4.79 Å². The summed E-state index contributed by atoms with van der Waals surface area (Å²) in [5, 5.41) is 0.775. The van der Waals surface area contributed by atoms with Gasteiger partial charge in [0.15, 0.2) is 5.12 Å². The lowest BCUT2D eigenvalue weighted by molar-refractivity contribution is -0.111. The first-order valence-corrected chi connectivity index (χ1v) is 4.24. The molecule has 0 aliphatic heterocycles. The molecular formula is C7H14OS. The van der Waals surface area contributed by atoms with Crippen LogP contribution in [-0.2, 0) is 4.79 Å². The van der Waals surface area contributed by atoms with Crippen molar-refractivity contribution in [1.82, 2.24) is 0 Å². The van der Waals surface area contributed by atoms with Crippen LogP contribution in [0.15, 0.2) is 0 Å². The molecular weight excluding hydrogens is 132 g/mol. The van der Waals surface area contributed by atoms with Crippen molar-refractivity contribution in [3.8, 4) is 0 Å². The van der Waals surface area contributed by atoms with E-state index < -0.39 is 0 Å². The summed E-state index contributed by atoms with van der Waals surface area (Å²) in [7, 11) is 0. The standard InChI is InChI=1S/C7H14OS/c1-4-5-7(8)9-6(2)3/h6H,4-5H2,1-3H3. The van der Waals surface area contributed by atoms with Crippen LogP contribution in [0.1, 0.15) is 33.6 Å². The van der Waals surface area contributed by atoms with Crippen molar-refractivity contribution < 1.29 is 4.79 Å². The van der Waals surface area contributed by atoms with Gasteiger partial charge in [0.1, 0.15) is 0 Å². The summed E-state index contributed by atoms with van der Waals surface area (Å²) in [5.41, 5.74) is 0. The van der Waals surface area contributed by atoms with Gasteiger partial charge in [-0.3, -0.25) is 4.79 Å². The second kappa shape index (κ2) is 4.86. The molecule has 0 bridgehead atoms. The van der Waals surface area contributed by atoms with Gasteiger partial charge in [-0.25, -0.2) is 0 Å². The molecule has 0 radical (unpaired) electrons. The Morgan fingerprint density at radius 1 is 1.56 bits per heavy atom. The molecule has 0 aromatic heterocycles. The lowest BCUT2D eigenvalue weighted by Crippen LogP contribution is -1.96. The first kappa shape index (κ1) is 9.02. The Kier molecular flexibility index (Phi) is 4.87. The monoisotopic (exact) mass is 146 g/mol. The quantitative estimate of drug-likeness (QED) is 0.608. The number of carbonyl (C=O) groups excluding carboxylic acids is 1. The molecule has 1 nitrogen and oxygen atoms in total. The zero-order chi connectivity index (χ0) is 7.28. The van der Waals surface area contributed by atoms with Crippen LogP contribution >= 0.6 is 11.8 Å². The summed E-state index contributed by atoms with van der Waals surface area (Å²) in [6.07, 6.45) is 1.70. The third-order valence-corrected chi connectivity index (χ3v) is 1.76. The van der Waals surface area contributed by atoms with E-state index in [-0.39, 0.29) is 0 Å². The van der Waals surface area contributed by atoms with Crippen molar-refractivity contribution in [2.75, 3.05) is 0 Å². The third kappa shape index (κ3) is 5.90. The fourth-order valence-corrected chi connectivity index (χ4v) is 1.37. The minimum atomic E-state index is 0.326. The molecule has 0 saturated carbocycles. The smallest absolute Gasteiger partial charge is 0.189 e. The largest absolute Gasteiger partial charge is 0.287 e. The van der Waals surface area contributed by atoms with E-state index in [2.05, 4.69) is 0 Å². The first-order valence-electron chi connectivity index (χ1n) is 3.36. The normalized spacial score (nSPS) is 10.2. The molecule has 0 saturated heterocycles. The van der Waals surface area contributed by atoms with E-state index >= 15 is 0 Å². The molecule has 9 heavy (non-hydrogen) atoms. The van der Waals surface area contributed by atoms with Crippen LogP contribution in [-0.4, -0.2) is 10.4 Å². The molecule has 54 valence electrons. The molecule has 0 aromatic carbocycles. The summed E-state index contributed by atoms with van der Waals surface area (Å²) >= 11 is 1.44. The molecule has 0 N–H and O–H groups in total. The lowest BCUT2D eigenvalue weighted by Gasteiger charge is -2.00. The van der Waals surface area contributed by atoms with Crippen LogP contribution in [0.5, 0.6) is 0 Å². The Labute approximate surface area is 61.2 Å². The Hall–Kier alpha value is 0.0200. The van der Waals surface area contributed by atoms with E-state index in [0.717, 1.165) is 12.8 Å². The molecule has 0 aliphatic rings. The molecule has 2 heteroatoms.